The minimum absolute atomic E-state index is 0.000272. The van der Waals surface area contributed by atoms with Gasteiger partial charge in [-0.25, -0.2) is 9.78 Å². The van der Waals surface area contributed by atoms with Crippen LogP contribution in [0.25, 0.3) is 17.2 Å². The fourth-order valence-corrected chi connectivity index (χ4v) is 3.87. The molecule has 10 heteroatoms. The van der Waals surface area contributed by atoms with E-state index in [9.17, 15) is 9.90 Å². The van der Waals surface area contributed by atoms with Crippen molar-refractivity contribution in [2.45, 2.75) is 26.7 Å². The highest BCUT2D eigenvalue weighted by Crippen LogP contribution is 2.39. The highest BCUT2D eigenvalue weighted by Gasteiger charge is 2.22. The first-order valence-electron chi connectivity index (χ1n) is 12.2. The van der Waals surface area contributed by atoms with Crippen molar-refractivity contribution >= 4 is 12.0 Å². The number of phenolic OH excluding ortho intramolecular Hbond substituents is 1. The van der Waals surface area contributed by atoms with Gasteiger partial charge in [-0.1, -0.05) is 6.92 Å². The van der Waals surface area contributed by atoms with Gasteiger partial charge in [-0.3, -0.25) is 0 Å². The first-order chi connectivity index (χ1) is 18.5. The Morgan fingerprint density at radius 1 is 1.08 bits per heavy atom. The average molecular weight is 523 g/mol. The summed E-state index contributed by atoms with van der Waals surface area (Å²) in [7, 11) is 3.07. The molecule has 0 unspecified atom stereocenters. The quantitative estimate of drug-likeness (QED) is 0.283. The number of aromatic hydroxyl groups is 1. The molecule has 1 aliphatic heterocycles. The van der Waals surface area contributed by atoms with Gasteiger partial charge in [0, 0.05) is 41.5 Å². The molecule has 38 heavy (non-hydrogen) atoms. The van der Waals surface area contributed by atoms with E-state index < -0.39 is 5.97 Å². The standard InChI is InChI=1S/C28H30N2O8/c1-5-9-36-27-21(20-8-7-19(33-3)13-22(20)31)15-29-26(30-27)12-18(28(32)35-6-2)10-17-11-24-25(38-16-37-24)14-23(17)34-4/h7-8,11-15,31H,5-6,9-10,16H2,1-4H3. The number of phenols is 1. The molecular formula is C28H30N2O8. The number of rotatable bonds is 11. The average Bonchev–Trinajstić information content (AvgIpc) is 3.38. The first kappa shape index (κ1) is 26.6. The molecular weight excluding hydrogens is 492 g/mol. The maximum Gasteiger partial charge on any atom is 0.334 e. The number of benzene rings is 2. The van der Waals surface area contributed by atoms with E-state index in [1.807, 2.05) is 6.92 Å². The van der Waals surface area contributed by atoms with Crippen molar-refractivity contribution in [1.82, 2.24) is 9.97 Å². The number of fused-ring (bicyclic) bond motifs is 1. The molecule has 1 aliphatic rings. The highest BCUT2D eigenvalue weighted by molar-refractivity contribution is 5.94. The Hall–Kier alpha value is -4.47. The second-order valence-electron chi connectivity index (χ2n) is 8.26. The van der Waals surface area contributed by atoms with Crippen molar-refractivity contribution in [1.29, 1.82) is 0 Å². The zero-order valence-electron chi connectivity index (χ0n) is 21.8. The molecule has 0 bridgehead atoms. The lowest BCUT2D eigenvalue weighted by Crippen LogP contribution is -2.11. The fourth-order valence-electron chi connectivity index (χ4n) is 3.87. The Kier molecular flexibility index (Phi) is 8.52. The number of hydrogen-bond acceptors (Lipinski definition) is 10. The van der Waals surface area contributed by atoms with E-state index in [-0.39, 0.29) is 37.3 Å². The van der Waals surface area contributed by atoms with Crippen LogP contribution in [-0.4, -0.2) is 55.3 Å². The lowest BCUT2D eigenvalue weighted by molar-refractivity contribution is -0.138. The number of esters is 1. The van der Waals surface area contributed by atoms with Gasteiger partial charge in [-0.05, 0) is 37.6 Å². The van der Waals surface area contributed by atoms with Crippen molar-refractivity contribution in [3.05, 3.63) is 53.5 Å². The molecule has 0 radical (unpaired) electrons. The molecule has 0 fully saturated rings. The largest absolute Gasteiger partial charge is 0.507 e. The summed E-state index contributed by atoms with van der Waals surface area (Å²) in [6, 6.07) is 8.44. The summed E-state index contributed by atoms with van der Waals surface area (Å²) in [6.07, 6.45) is 4.03. The molecule has 2 aromatic carbocycles. The molecule has 2 heterocycles. The zero-order chi connectivity index (χ0) is 27.1. The second kappa shape index (κ2) is 12.2. The van der Waals surface area contributed by atoms with E-state index in [2.05, 4.69) is 9.97 Å². The third-order valence-corrected chi connectivity index (χ3v) is 5.71. The third-order valence-electron chi connectivity index (χ3n) is 5.71. The first-order valence-corrected chi connectivity index (χ1v) is 12.2. The van der Waals surface area contributed by atoms with Crippen LogP contribution < -0.4 is 23.7 Å². The molecule has 0 aliphatic carbocycles. The Balaban J connectivity index is 1.74. The van der Waals surface area contributed by atoms with Crippen molar-refractivity contribution in [2.24, 2.45) is 0 Å². The lowest BCUT2D eigenvalue weighted by Gasteiger charge is -2.14. The van der Waals surface area contributed by atoms with E-state index in [0.717, 1.165) is 6.42 Å². The topological polar surface area (TPSA) is 118 Å². The smallest absolute Gasteiger partial charge is 0.334 e. The van der Waals surface area contributed by atoms with E-state index in [1.165, 1.54) is 13.2 Å². The van der Waals surface area contributed by atoms with Crippen molar-refractivity contribution < 1.29 is 38.3 Å². The lowest BCUT2D eigenvalue weighted by atomic mass is 10.0. The SMILES string of the molecule is CCCOc1nc(C=C(Cc2cc3c(cc2OC)OCO3)C(=O)OCC)ncc1-c1ccc(OC)cc1O. The summed E-state index contributed by atoms with van der Waals surface area (Å²) in [5, 5.41) is 10.6. The number of carbonyl (C=O) groups is 1. The van der Waals surface area contributed by atoms with Gasteiger partial charge in [-0.15, -0.1) is 0 Å². The minimum Gasteiger partial charge on any atom is -0.507 e. The van der Waals surface area contributed by atoms with Crippen LogP contribution in [0.3, 0.4) is 0 Å². The van der Waals surface area contributed by atoms with Crippen LogP contribution in [0.5, 0.6) is 34.6 Å². The van der Waals surface area contributed by atoms with Crippen LogP contribution in [-0.2, 0) is 16.0 Å². The summed E-state index contributed by atoms with van der Waals surface area (Å²) < 4.78 is 32.8. The zero-order valence-corrected chi connectivity index (χ0v) is 21.8. The Bertz CT molecular complexity index is 1340. The van der Waals surface area contributed by atoms with Crippen LogP contribution in [0, 0.1) is 0 Å². The predicted octanol–water partition coefficient (Wildman–Crippen LogP) is 4.57. The van der Waals surface area contributed by atoms with Gasteiger partial charge in [0.2, 0.25) is 12.7 Å². The van der Waals surface area contributed by atoms with Crippen LogP contribution >= 0.6 is 0 Å². The van der Waals surface area contributed by atoms with Crippen LogP contribution in [0.15, 0.2) is 42.1 Å². The molecule has 4 rings (SSSR count). The molecule has 1 aromatic heterocycles. The maximum atomic E-state index is 12.9. The number of methoxy groups -OCH3 is 2. The molecule has 0 spiro atoms. The van der Waals surface area contributed by atoms with Gasteiger partial charge < -0.3 is 33.5 Å². The predicted molar refractivity (Wildman–Crippen MR) is 139 cm³/mol. The van der Waals surface area contributed by atoms with Gasteiger partial charge in [0.1, 0.15) is 17.2 Å². The van der Waals surface area contributed by atoms with E-state index in [0.29, 0.717) is 51.9 Å². The fraction of sp³-hybridized carbons (Fsp3) is 0.321. The number of aromatic nitrogens is 2. The summed E-state index contributed by atoms with van der Waals surface area (Å²) >= 11 is 0. The Morgan fingerprint density at radius 3 is 2.55 bits per heavy atom. The molecule has 0 saturated heterocycles. The van der Waals surface area contributed by atoms with E-state index >= 15 is 0 Å². The number of nitrogens with zero attached hydrogens (tertiary/aromatic N) is 2. The summed E-state index contributed by atoms with van der Waals surface area (Å²) in [6.45, 7) is 4.44. The monoisotopic (exact) mass is 522 g/mol. The molecule has 0 amide bonds. The minimum atomic E-state index is -0.510. The molecule has 0 saturated carbocycles. The normalized spacial score (nSPS) is 12.3. The summed E-state index contributed by atoms with van der Waals surface area (Å²) in [4.78, 5) is 21.9. The Morgan fingerprint density at radius 2 is 1.87 bits per heavy atom. The molecule has 0 atom stereocenters. The van der Waals surface area contributed by atoms with Crippen molar-refractivity contribution in [3.8, 4) is 45.8 Å². The van der Waals surface area contributed by atoms with Gasteiger partial charge in [0.15, 0.2) is 17.3 Å². The summed E-state index contributed by atoms with van der Waals surface area (Å²) in [5.41, 5.74) is 2.01. The second-order valence-corrected chi connectivity index (χ2v) is 8.26. The van der Waals surface area contributed by atoms with Gasteiger partial charge in [0.05, 0.1) is 33.0 Å². The maximum absolute atomic E-state index is 12.9. The highest BCUT2D eigenvalue weighted by atomic mass is 16.7. The molecule has 10 nitrogen and oxygen atoms in total. The third kappa shape index (κ3) is 5.91. The van der Waals surface area contributed by atoms with Crippen LogP contribution in [0.4, 0.5) is 0 Å². The Labute approximate surface area is 220 Å². The molecule has 200 valence electrons. The molecule has 1 N–H and O–H groups in total. The van der Waals surface area contributed by atoms with Gasteiger partial charge in [-0.2, -0.15) is 4.98 Å². The van der Waals surface area contributed by atoms with Crippen LogP contribution in [0.1, 0.15) is 31.7 Å². The van der Waals surface area contributed by atoms with Crippen LogP contribution in [0.2, 0.25) is 0 Å². The number of carbonyl (C=O) groups excluding carboxylic acids is 1. The molecule has 3 aromatic rings. The number of hydrogen-bond donors (Lipinski definition) is 1. The van der Waals surface area contributed by atoms with Gasteiger partial charge in [0.25, 0.3) is 0 Å². The van der Waals surface area contributed by atoms with E-state index in [1.54, 1.807) is 50.6 Å². The van der Waals surface area contributed by atoms with Gasteiger partial charge >= 0.3 is 5.97 Å². The van der Waals surface area contributed by atoms with Crippen molar-refractivity contribution in [2.75, 3.05) is 34.2 Å². The number of ether oxygens (including phenoxy) is 6. The van der Waals surface area contributed by atoms with Crippen molar-refractivity contribution in [3.63, 3.8) is 0 Å². The summed E-state index contributed by atoms with van der Waals surface area (Å²) in [5.74, 6) is 2.21. The van der Waals surface area contributed by atoms with E-state index in [4.69, 9.17) is 28.4 Å².